The van der Waals surface area contributed by atoms with Crippen LogP contribution in [-0.2, 0) is 13.2 Å². The Morgan fingerprint density at radius 3 is 2.32 bits per heavy atom. The Balaban J connectivity index is 2.04. The number of hydrogen-bond donors (Lipinski definition) is 1. The van der Waals surface area contributed by atoms with Gasteiger partial charge >= 0.3 is 0 Å². The Bertz CT molecular complexity index is 610. The molecule has 0 aliphatic heterocycles. The van der Waals surface area contributed by atoms with Gasteiger partial charge in [-0.3, -0.25) is 0 Å². The smallest absolute Gasteiger partial charge is 0.129 e. The minimum absolute atomic E-state index is 0.0820. The summed E-state index contributed by atoms with van der Waals surface area (Å²) in [6, 6.07) is 14.6. The van der Waals surface area contributed by atoms with Gasteiger partial charge in [0.15, 0.2) is 0 Å². The summed E-state index contributed by atoms with van der Waals surface area (Å²) >= 11 is 0. The van der Waals surface area contributed by atoms with Gasteiger partial charge < -0.3 is 10.1 Å². The van der Waals surface area contributed by atoms with Gasteiger partial charge in [0, 0.05) is 23.2 Å². The predicted molar refractivity (Wildman–Crippen MR) is 88.4 cm³/mol. The predicted octanol–water partition coefficient (Wildman–Crippen LogP) is 4.68. The van der Waals surface area contributed by atoms with Crippen LogP contribution in [0.4, 0.5) is 4.39 Å². The van der Waals surface area contributed by atoms with Crippen molar-refractivity contribution in [3.63, 3.8) is 0 Å². The number of hydrogen-bond acceptors (Lipinski definition) is 2. The van der Waals surface area contributed by atoms with Gasteiger partial charge in [0.1, 0.15) is 18.2 Å². The molecule has 0 heterocycles. The molecule has 0 atom stereocenters. The lowest BCUT2D eigenvalue weighted by Crippen LogP contribution is -2.37. The Hall–Kier alpha value is -1.87. The zero-order valence-electron chi connectivity index (χ0n) is 13.5. The van der Waals surface area contributed by atoms with Crippen molar-refractivity contribution < 1.29 is 9.13 Å². The number of rotatable bonds is 7. The molecule has 0 spiro atoms. The van der Waals surface area contributed by atoms with Gasteiger partial charge in [-0.2, -0.15) is 0 Å². The van der Waals surface area contributed by atoms with Crippen LogP contribution in [0, 0.1) is 5.82 Å². The largest absolute Gasteiger partial charge is 0.488 e. The summed E-state index contributed by atoms with van der Waals surface area (Å²) in [5, 5.41) is 3.52. The lowest BCUT2D eigenvalue weighted by atomic mass is 10.0. The van der Waals surface area contributed by atoms with Crippen molar-refractivity contribution in [2.75, 3.05) is 0 Å². The van der Waals surface area contributed by atoms with E-state index >= 15 is 0 Å². The van der Waals surface area contributed by atoms with Gasteiger partial charge in [-0.1, -0.05) is 43.3 Å². The first-order valence-corrected chi connectivity index (χ1v) is 7.71. The molecule has 22 heavy (non-hydrogen) atoms. The first-order valence-electron chi connectivity index (χ1n) is 7.71. The van der Waals surface area contributed by atoms with E-state index in [1.165, 1.54) is 6.07 Å². The fourth-order valence-corrected chi connectivity index (χ4v) is 2.02. The van der Waals surface area contributed by atoms with E-state index in [1.807, 2.05) is 30.3 Å². The van der Waals surface area contributed by atoms with Crippen LogP contribution < -0.4 is 10.1 Å². The summed E-state index contributed by atoms with van der Waals surface area (Å²) in [6.07, 6.45) is 1.05. The van der Waals surface area contributed by atoms with E-state index in [0.29, 0.717) is 5.56 Å². The normalized spacial score (nSPS) is 11.5. The lowest BCUT2D eigenvalue weighted by Gasteiger charge is -2.25. The highest BCUT2D eigenvalue weighted by Gasteiger charge is 2.14. The summed E-state index contributed by atoms with van der Waals surface area (Å²) in [4.78, 5) is 0. The molecule has 2 rings (SSSR count). The van der Waals surface area contributed by atoms with E-state index in [-0.39, 0.29) is 18.0 Å². The topological polar surface area (TPSA) is 21.3 Å². The van der Waals surface area contributed by atoms with Crippen molar-refractivity contribution in [3.05, 3.63) is 65.5 Å². The van der Waals surface area contributed by atoms with Crippen molar-refractivity contribution >= 4 is 0 Å². The van der Waals surface area contributed by atoms with E-state index in [2.05, 4.69) is 26.1 Å². The van der Waals surface area contributed by atoms with Crippen molar-refractivity contribution in [2.24, 2.45) is 0 Å². The number of para-hydroxylation sites is 1. The molecule has 0 aliphatic carbocycles. The minimum atomic E-state index is -0.231. The van der Waals surface area contributed by atoms with Crippen molar-refractivity contribution in [2.45, 2.75) is 45.9 Å². The highest BCUT2D eigenvalue weighted by molar-refractivity contribution is 5.33. The van der Waals surface area contributed by atoms with Crippen LogP contribution in [0.2, 0.25) is 0 Å². The Kier molecular flexibility index (Phi) is 5.56. The molecular weight excluding hydrogens is 277 g/mol. The SMILES string of the molecule is CCC(C)(C)NCc1ccccc1OCc1ccccc1F. The fraction of sp³-hybridized carbons (Fsp3) is 0.368. The average Bonchev–Trinajstić information content (AvgIpc) is 2.53. The third-order valence-electron chi connectivity index (χ3n) is 3.95. The van der Waals surface area contributed by atoms with Crippen LogP contribution in [-0.4, -0.2) is 5.54 Å². The zero-order chi connectivity index (χ0) is 16.0. The summed E-state index contributed by atoms with van der Waals surface area (Å²) in [5.74, 6) is 0.565. The molecule has 2 nitrogen and oxygen atoms in total. The van der Waals surface area contributed by atoms with Crippen LogP contribution >= 0.6 is 0 Å². The van der Waals surface area contributed by atoms with Crippen LogP contribution in [0.15, 0.2) is 48.5 Å². The summed E-state index contributed by atoms with van der Waals surface area (Å²) < 4.78 is 19.5. The third kappa shape index (κ3) is 4.57. The van der Waals surface area contributed by atoms with Crippen molar-refractivity contribution in [3.8, 4) is 5.75 Å². The van der Waals surface area contributed by atoms with E-state index in [9.17, 15) is 4.39 Å². The molecule has 0 unspecified atom stereocenters. The minimum Gasteiger partial charge on any atom is -0.488 e. The van der Waals surface area contributed by atoms with E-state index in [0.717, 1.165) is 24.3 Å². The molecule has 2 aromatic rings. The van der Waals surface area contributed by atoms with Gasteiger partial charge in [0.25, 0.3) is 0 Å². The van der Waals surface area contributed by atoms with Crippen molar-refractivity contribution in [1.82, 2.24) is 5.32 Å². The molecule has 2 aromatic carbocycles. The lowest BCUT2D eigenvalue weighted by molar-refractivity contribution is 0.293. The maximum Gasteiger partial charge on any atom is 0.129 e. The molecular formula is C19H24FNO. The second-order valence-electron chi connectivity index (χ2n) is 6.08. The molecule has 0 radical (unpaired) electrons. The maximum atomic E-state index is 13.7. The number of ether oxygens (including phenoxy) is 1. The molecule has 0 amide bonds. The molecule has 0 aliphatic rings. The Morgan fingerprint density at radius 1 is 1.00 bits per heavy atom. The fourth-order valence-electron chi connectivity index (χ4n) is 2.02. The summed E-state index contributed by atoms with van der Waals surface area (Å²) in [6.45, 7) is 7.48. The maximum absolute atomic E-state index is 13.7. The van der Waals surface area contributed by atoms with Crippen LogP contribution in [0.5, 0.6) is 5.75 Å². The van der Waals surface area contributed by atoms with E-state index in [4.69, 9.17) is 4.74 Å². The van der Waals surface area contributed by atoms with Gasteiger partial charge in [-0.25, -0.2) is 4.39 Å². The van der Waals surface area contributed by atoms with Gasteiger partial charge in [0.05, 0.1) is 0 Å². The first kappa shape index (κ1) is 16.5. The average molecular weight is 301 g/mol. The zero-order valence-corrected chi connectivity index (χ0v) is 13.5. The Labute approximate surface area is 132 Å². The summed E-state index contributed by atoms with van der Waals surface area (Å²) in [7, 11) is 0. The molecule has 0 bridgehead atoms. The molecule has 0 saturated carbocycles. The first-order chi connectivity index (χ1) is 10.5. The van der Waals surface area contributed by atoms with E-state index in [1.54, 1.807) is 12.1 Å². The van der Waals surface area contributed by atoms with E-state index < -0.39 is 0 Å². The standard InChI is InChI=1S/C19H24FNO/c1-4-19(2,3)21-13-15-9-6-8-12-18(15)22-14-16-10-5-7-11-17(16)20/h5-12,21H,4,13-14H2,1-3H3. The highest BCUT2D eigenvalue weighted by Crippen LogP contribution is 2.21. The van der Waals surface area contributed by atoms with Crippen LogP contribution in [0.1, 0.15) is 38.3 Å². The van der Waals surface area contributed by atoms with Gasteiger partial charge in [0.2, 0.25) is 0 Å². The van der Waals surface area contributed by atoms with Crippen molar-refractivity contribution in [1.29, 1.82) is 0 Å². The van der Waals surface area contributed by atoms with Crippen LogP contribution in [0.3, 0.4) is 0 Å². The van der Waals surface area contributed by atoms with Crippen LogP contribution in [0.25, 0.3) is 0 Å². The van der Waals surface area contributed by atoms with Gasteiger partial charge in [-0.05, 0) is 32.4 Å². The monoisotopic (exact) mass is 301 g/mol. The number of nitrogens with one attached hydrogen (secondary N) is 1. The second kappa shape index (κ2) is 7.41. The number of halogens is 1. The molecule has 0 saturated heterocycles. The molecule has 118 valence electrons. The molecule has 0 fully saturated rings. The van der Waals surface area contributed by atoms with Gasteiger partial charge in [-0.15, -0.1) is 0 Å². The Morgan fingerprint density at radius 2 is 1.64 bits per heavy atom. The molecule has 3 heteroatoms. The molecule has 0 aromatic heterocycles. The highest BCUT2D eigenvalue weighted by atomic mass is 19.1. The number of benzene rings is 2. The quantitative estimate of drug-likeness (QED) is 0.801. The molecule has 1 N–H and O–H groups in total. The summed E-state index contributed by atoms with van der Waals surface area (Å²) in [5.41, 5.74) is 1.73. The third-order valence-corrected chi connectivity index (χ3v) is 3.95. The second-order valence-corrected chi connectivity index (χ2v) is 6.08.